The molecule has 1 rings (SSSR count). The Bertz CT molecular complexity index is 384. The molecular weight excluding hydrogens is 226 g/mol. The van der Waals surface area contributed by atoms with Crippen LogP contribution < -0.4 is 0 Å². The Kier molecular flexibility index (Phi) is 6.15. The standard InChI is InChI=1S/C15H21NO2/c1-3-10-16(11-4-5-15(17)18)12-14-8-6-13(2)7-9-14/h3,6-9H,1,4-5,10-12H2,2H3,(H,17,18). The molecule has 0 aliphatic rings. The molecule has 18 heavy (non-hydrogen) atoms. The van der Waals surface area contributed by atoms with Crippen LogP contribution in [-0.4, -0.2) is 29.1 Å². The Hall–Kier alpha value is -1.61. The number of aliphatic carboxylic acids is 1. The molecule has 1 N–H and O–H groups in total. The molecule has 0 aliphatic heterocycles. The van der Waals surface area contributed by atoms with Gasteiger partial charge in [0, 0.05) is 19.5 Å². The lowest BCUT2D eigenvalue weighted by Gasteiger charge is -2.20. The maximum absolute atomic E-state index is 10.5. The number of rotatable bonds is 8. The molecule has 0 saturated carbocycles. The van der Waals surface area contributed by atoms with E-state index >= 15 is 0 Å². The zero-order valence-corrected chi connectivity index (χ0v) is 10.9. The molecular formula is C15H21NO2. The van der Waals surface area contributed by atoms with Gasteiger partial charge in [0.15, 0.2) is 0 Å². The number of nitrogens with zero attached hydrogens (tertiary/aromatic N) is 1. The van der Waals surface area contributed by atoms with Crippen LogP contribution in [0, 0.1) is 6.92 Å². The number of benzene rings is 1. The van der Waals surface area contributed by atoms with E-state index in [0.717, 1.165) is 19.6 Å². The highest BCUT2D eigenvalue weighted by Gasteiger charge is 2.05. The van der Waals surface area contributed by atoms with Gasteiger partial charge in [0.25, 0.3) is 0 Å². The third-order valence-corrected chi connectivity index (χ3v) is 2.78. The quantitative estimate of drug-likeness (QED) is 0.718. The number of carbonyl (C=O) groups is 1. The van der Waals surface area contributed by atoms with Gasteiger partial charge in [0.05, 0.1) is 0 Å². The summed E-state index contributed by atoms with van der Waals surface area (Å²) in [4.78, 5) is 12.7. The summed E-state index contributed by atoms with van der Waals surface area (Å²) in [5.74, 6) is -0.733. The van der Waals surface area contributed by atoms with Crippen molar-refractivity contribution in [1.82, 2.24) is 4.90 Å². The highest BCUT2D eigenvalue weighted by Crippen LogP contribution is 2.08. The topological polar surface area (TPSA) is 40.5 Å². The number of hydrogen-bond donors (Lipinski definition) is 1. The molecule has 0 radical (unpaired) electrons. The van der Waals surface area contributed by atoms with Crippen LogP contribution in [0.3, 0.4) is 0 Å². The van der Waals surface area contributed by atoms with E-state index in [1.807, 2.05) is 6.08 Å². The molecule has 3 heteroatoms. The lowest BCUT2D eigenvalue weighted by atomic mass is 10.1. The predicted octanol–water partition coefficient (Wildman–Crippen LogP) is 2.85. The summed E-state index contributed by atoms with van der Waals surface area (Å²) in [5, 5.41) is 8.64. The Morgan fingerprint density at radius 1 is 1.39 bits per heavy atom. The molecule has 0 bridgehead atoms. The second-order valence-corrected chi connectivity index (χ2v) is 4.51. The van der Waals surface area contributed by atoms with Gasteiger partial charge in [0.2, 0.25) is 0 Å². The minimum absolute atomic E-state index is 0.224. The summed E-state index contributed by atoms with van der Waals surface area (Å²) < 4.78 is 0. The van der Waals surface area contributed by atoms with E-state index in [2.05, 4.69) is 42.7 Å². The molecule has 1 aromatic rings. The summed E-state index contributed by atoms with van der Waals surface area (Å²) in [6.45, 7) is 8.22. The van der Waals surface area contributed by atoms with Gasteiger partial charge in [-0.2, -0.15) is 0 Å². The molecule has 1 aromatic carbocycles. The minimum Gasteiger partial charge on any atom is -0.481 e. The lowest BCUT2D eigenvalue weighted by Crippen LogP contribution is -2.25. The number of carboxylic acid groups (broad SMARTS) is 1. The molecule has 0 saturated heterocycles. The van der Waals surface area contributed by atoms with E-state index in [1.54, 1.807) is 0 Å². The molecule has 0 spiro atoms. The van der Waals surface area contributed by atoms with Crippen LogP contribution >= 0.6 is 0 Å². The first kappa shape index (κ1) is 14.5. The highest BCUT2D eigenvalue weighted by atomic mass is 16.4. The van der Waals surface area contributed by atoms with E-state index in [-0.39, 0.29) is 6.42 Å². The third-order valence-electron chi connectivity index (χ3n) is 2.78. The molecule has 0 aliphatic carbocycles. The monoisotopic (exact) mass is 247 g/mol. The zero-order valence-electron chi connectivity index (χ0n) is 10.9. The van der Waals surface area contributed by atoms with Crippen LogP contribution in [0.15, 0.2) is 36.9 Å². The van der Waals surface area contributed by atoms with Gasteiger partial charge in [0.1, 0.15) is 0 Å². The Balaban J connectivity index is 2.48. The fourth-order valence-corrected chi connectivity index (χ4v) is 1.82. The average molecular weight is 247 g/mol. The van der Waals surface area contributed by atoms with Crippen molar-refractivity contribution in [2.75, 3.05) is 13.1 Å². The van der Waals surface area contributed by atoms with Gasteiger partial charge >= 0.3 is 5.97 Å². The fourth-order valence-electron chi connectivity index (χ4n) is 1.82. The van der Waals surface area contributed by atoms with E-state index in [4.69, 9.17) is 5.11 Å². The van der Waals surface area contributed by atoms with E-state index in [1.165, 1.54) is 11.1 Å². The summed E-state index contributed by atoms with van der Waals surface area (Å²) in [5.41, 5.74) is 2.50. The molecule has 0 fully saturated rings. The first-order chi connectivity index (χ1) is 8.61. The third kappa shape index (κ3) is 5.64. The van der Waals surface area contributed by atoms with Crippen LogP contribution in [0.1, 0.15) is 24.0 Å². The van der Waals surface area contributed by atoms with Crippen molar-refractivity contribution < 1.29 is 9.90 Å². The van der Waals surface area contributed by atoms with Crippen LogP contribution in [0.4, 0.5) is 0 Å². The number of aryl methyl sites for hydroxylation is 1. The van der Waals surface area contributed by atoms with E-state index < -0.39 is 5.97 Å². The smallest absolute Gasteiger partial charge is 0.303 e. The molecule has 3 nitrogen and oxygen atoms in total. The molecule has 0 amide bonds. The van der Waals surface area contributed by atoms with Crippen molar-refractivity contribution in [1.29, 1.82) is 0 Å². The Morgan fingerprint density at radius 3 is 2.61 bits per heavy atom. The van der Waals surface area contributed by atoms with Crippen molar-refractivity contribution in [2.45, 2.75) is 26.3 Å². The normalized spacial score (nSPS) is 10.6. The second kappa shape index (κ2) is 7.67. The van der Waals surface area contributed by atoms with Gasteiger partial charge in [-0.05, 0) is 25.5 Å². The summed E-state index contributed by atoms with van der Waals surface area (Å²) in [6, 6.07) is 8.42. The van der Waals surface area contributed by atoms with Gasteiger partial charge in [-0.25, -0.2) is 0 Å². The van der Waals surface area contributed by atoms with Crippen LogP contribution in [0.25, 0.3) is 0 Å². The Morgan fingerprint density at radius 2 is 2.06 bits per heavy atom. The average Bonchev–Trinajstić information content (AvgIpc) is 2.32. The van der Waals surface area contributed by atoms with Crippen molar-refractivity contribution in [3.8, 4) is 0 Å². The zero-order chi connectivity index (χ0) is 13.4. The maximum atomic E-state index is 10.5. The minimum atomic E-state index is -0.733. The first-order valence-electron chi connectivity index (χ1n) is 6.22. The van der Waals surface area contributed by atoms with Crippen molar-refractivity contribution >= 4 is 5.97 Å². The van der Waals surface area contributed by atoms with E-state index in [0.29, 0.717) is 6.42 Å². The highest BCUT2D eigenvalue weighted by molar-refractivity contribution is 5.66. The lowest BCUT2D eigenvalue weighted by molar-refractivity contribution is -0.137. The van der Waals surface area contributed by atoms with E-state index in [9.17, 15) is 4.79 Å². The summed E-state index contributed by atoms with van der Waals surface area (Å²) in [7, 11) is 0. The van der Waals surface area contributed by atoms with Crippen LogP contribution in [0.5, 0.6) is 0 Å². The first-order valence-corrected chi connectivity index (χ1v) is 6.22. The molecule has 0 aromatic heterocycles. The van der Waals surface area contributed by atoms with Crippen LogP contribution in [-0.2, 0) is 11.3 Å². The SMILES string of the molecule is C=CCN(CCCC(=O)O)Cc1ccc(C)cc1. The molecule has 98 valence electrons. The van der Waals surface area contributed by atoms with Crippen molar-refractivity contribution in [2.24, 2.45) is 0 Å². The number of hydrogen-bond acceptors (Lipinski definition) is 2. The van der Waals surface area contributed by atoms with Crippen LogP contribution in [0.2, 0.25) is 0 Å². The Labute approximate surface area is 109 Å². The maximum Gasteiger partial charge on any atom is 0.303 e. The van der Waals surface area contributed by atoms with Gasteiger partial charge in [-0.15, -0.1) is 6.58 Å². The van der Waals surface area contributed by atoms with Gasteiger partial charge < -0.3 is 5.11 Å². The van der Waals surface area contributed by atoms with Gasteiger partial charge in [-0.3, -0.25) is 9.69 Å². The fraction of sp³-hybridized carbons (Fsp3) is 0.400. The van der Waals surface area contributed by atoms with Gasteiger partial charge in [-0.1, -0.05) is 35.9 Å². The molecule has 0 atom stereocenters. The largest absolute Gasteiger partial charge is 0.481 e. The van der Waals surface area contributed by atoms with Crippen molar-refractivity contribution in [3.05, 3.63) is 48.0 Å². The summed E-state index contributed by atoms with van der Waals surface area (Å²) in [6.07, 6.45) is 2.76. The molecule has 0 heterocycles. The summed E-state index contributed by atoms with van der Waals surface area (Å²) >= 11 is 0. The second-order valence-electron chi connectivity index (χ2n) is 4.51. The molecule has 0 unspecified atom stereocenters. The number of carboxylic acids is 1. The van der Waals surface area contributed by atoms with Crippen molar-refractivity contribution in [3.63, 3.8) is 0 Å². The predicted molar refractivity (Wildman–Crippen MR) is 73.5 cm³/mol.